The molecule has 1 heterocycles. The summed E-state index contributed by atoms with van der Waals surface area (Å²) in [5.41, 5.74) is 0.697. The van der Waals surface area contributed by atoms with E-state index in [-0.39, 0.29) is 18.9 Å². The zero-order valence-electron chi connectivity index (χ0n) is 16.2. The number of anilines is 1. The summed E-state index contributed by atoms with van der Waals surface area (Å²) in [7, 11) is -3.56. The van der Waals surface area contributed by atoms with Crippen LogP contribution in [0.5, 0.6) is 0 Å². The van der Waals surface area contributed by atoms with Crippen molar-refractivity contribution in [1.82, 2.24) is 5.32 Å². The molecule has 0 bridgehead atoms. The summed E-state index contributed by atoms with van der Waals surface area (Å²) in [6.07, 6.45) is 0.740. The Labute approximate surface area is 185 Å². The molecule has 0 fully saturated rings. The van der Waals surface area contributed by atoms with Gasteiger partial charge in [0.15, 0.2) is 0 Å². The maximum atomic E-state index is 12.9. The number of hydrogen-bond acceptors (Lipinski definition) is 4. The van der Waals surface area contributed by atoms with Gasteiger partial charge in [0.2, 0.25) is 5.91 Å². The number of nitrogens with one attached hydrogen (secondary N) is 1. The van der Waals surface area contributed by atoms with Crippen molar-refractivity contribution < 1.29 is 13.2 Å². The Bertz CT molecular complexity index is 1180. The molecule has 0 unspecified atom stereocenters. The molecule has 0 saturated carbocycles. The van der Waals surface area contributed by atoms with Crippen LogP contribution >= 0.6 is 23.4 Å². The van der Waals surface area contributed by atoms with Gasteiger partial charge in [0.05, 0.1) is 10.6 Å². The van der Waals surface area contributed by atoms with Crippen molar-refractivity contribution in [3.63, 3.8) is 0 Å². The molecule has 8 heteroatoms. The summed E-state index contributed by atoms with van der Waals surface area (Å²) < 4.78 is 27.3. The number of halogens is 1. The molecule has 0 radical (unpaired) electrons. The quantitative estimate of drug-likeness (QED) is 0.391. The molecular formula is C22H21ClN2O3S2. The highest BCUT2D eigenvalue weighted by atomic mass is 35.5. The fourth-order valence-electron chi connectivity index (χ4n) is 3.56. The number of sulfonamides is 1. The van der Waals surface area contributed by atoms with Crippen molar-refractivity contribution in [2.24, 2.45) is 0 Å². The lowest BCUT2D eigenvalue weighted by atomic mass is 10.1. The maximum Gasteiger partial charge on any atom is 0.265 e. The molecule has 0 aromatic heterocycles. The van der Waals surface area contributed by atoms with E-state index < -0.39 is 10.0 Å². The highest BCUT2D eigenvalue weighted by Crippen LogP contribution is 2.41. The minimum absolute atomic E-state index is 0.0703. The second-order valence-electron chi connectivity index (χ2n) is 6.96. The molecule has 30 heavy (non-hydrogen) atoms. The Balaban J connectivity index is 1.27. The number of carbonyl (C=O) groups is 1. The molecule has 1 amide bonds. The van der Waals surface area contributed by atoms with Crippen LogP contribution in [-0.4, -0.2) is 33.2 Å². The number of benzene rings is 3. The third kappa shape index (κ3) is 4.29. The molecule has 0 spiro atoms. The summed E-state index contributed by atoms with van der Waals surface area (Å²) in [4.78, 5) is 13.6. The largest absolute Gasteiger partial charge is 0.355 e. The predicted octanol–water partition coefficient (Wildman–Crippen LogP) is 4.69. The van der Waals surface area contributed by atoms with Gasteiger partial charge < -0.3 is 5.32 Å². The summed E-state index contributed by atoms with van der Waals surface area (Å²) >= 11 is 7.51. The van der Waals surface area contributed by atoms with Gasteiger partial charge in [-0.2, -0.15) is 0 Å². The van der Waals surface area contributed by atoms with Crippen molar-refractivity contribution in [3.8, 4) is 0 Å². The third-order valence-electron chi connectivity index (χ3n) is 4.95. The molecular weight excluding hydrogens is 440 g/mol. The van der Waals surface area contributed by atoms with Crippen LogP contribution in [0.25, 0.3) is 10.8 Å². The van der Waals surface area contributed by atoms with Gasteiger partial charge in [0.25, 0.3) is 10.0 Å². The van der Waals surface area contributed by atoms with E-state index in [2.05, 4.69) is 5.32 Å². The lowest BCUT2D eigenvalue weighted by molar-refractivity contribution is -0.121. The Morgan fingerprint density at radius 2 is 1.77 bits per heavy atom. The highest BCUT2D eigenvalue weighted by Gasteiger charge is 2.34. The smallest absolute Gasteiger partial charge is 0.265 e. The topological polar surface area (TPSA) is 66.5 Å². The Morgan fingerprint density at radius 1 is 1.03 bits per heavy atom. The summed E-state index contributed by atoms with van der Waals surface area (Å²) in [5, 5.41) is 5.27. The molecule has 0 aliphatic carbocycles. The van der Waals surface area contributed by atoms with Gasteiger partial charge in [-0.05, 0) is 48.2 Å². The van der Waals surface area contributed by atoms with E-state index in [1.807, 2.05) is 48.5 Å². The normalized spacial score (nSPS) is 14.2. The van der Waals surface area contributed by atoms with Crippen molar-refractivity contribution in [1.29, 1.82) is 0 Å². The average molecular weight is 461 g/mol. The number of rotatable bonds is 8. The molecule has 3 aromatic rings. The second kappa shape index (κ2) is 8.88. The SMILES string of the molecule is O=C(CCCN1c2cccc3cccc(c23)S1(=O)=O)NCCSc1ccc(Cl)cc1. The fourth-order valence-corrected chi connectivity index (χ4v) is 6.20. The Hall–Kier alpha value is -2.22. The number of hydrogen-bond donors (Lipinski definition) is 1. The van der Waals surface area contributed by atoms with E-state index >= 15 is 0 Å². The third-order valence-corrected chi connectivity index (χ3v) is 8.07. The van der Waals surface area contributed by atoms with Gasteiger partial charge in [-0.15, -0.1) is 11.8 Å². The molecule has 1 aliphatic heterocycles. The first-order valence-electron chi connectivity index (χ1n) is 9.66. The molecule has 5 nitrogen and oxygen atoms in total. The summed E-state index contributed by atoms with van der Waals surface area (Å²) in [6, 6.07) is 18.5. The van der Waals surface area contributed by atoms with Crippen LogP contribution in [0, 0.1) is 0 Å². The predicted molar refractivity (Wildman–Crippen MR) is 123 cm³/mol. The lowest BCUT2D eigenvalue weighted by Crippen LogP contribution is -2.30. The standard InChI is InChI=1S/C22H21ClN2O3S2/c23-17-9-11-18(12-10-17)29-15-13-24-21(26)8-3-14-25-19-6-1-4-16-5-2-7-20(22(16)19)30(25,27)28/h1-2,4-7,9-12H,3,8,13-15H2,(H,24,26). The Morgan fingerprint density at radius 3 is 2.53 bits per heavy atom. The van der Waals surface area contributed by atoms with Crippen LogP contribution in [0.3, 0.4) is 0 Å². The molecule has 1 N–H and O–H groups in total. The molecule has 0 atom stereocenters. The Kier molecular flexibility index (Phi) is 6.22. The average Bonchev–Trinajstić information content (AvgIpc) is 2.96. The molecule has 156 valence electrons. The van der Waals surface area contributed by atoms with E-state index in [1.165, 1.54) is 4.31 Å². The van der Waals surface area contributed by atoms with Gasteiger partial charge in [0, 0.05) is 40.6 Å². The number of thioether (sulfide) groups is 1. The maximum absolute atomic E-state index is 12.9. The summed E-state index contributed by atoms with van der Waals surface area (Å²) in [5.74, 6) is 0.685. The second-order valence-corrected chi connectivity index (χ2v) is 10.4. The zero-order chi connectivity index (χ0) is 21.1. The van der Waals surface area contributed by atoms with Gasteiger partial charge in [-0.25, -0.2) is 8.42 Å². The monoisotopic (exact) mass is 460 g/mol. The van der Waals surface area contributed by atoms with Crippen molar-refractivity contribution in [2.45, 2.75) is 22.6 Å². The first-order valence-corrected chi connectivity index (χ1v) is 12.5. The molecule has 4 rings (SSSR count). The van der Waals surface area contributed by atoms with Crippen LogP contribution in [0.1, 0.15) is 12.8 Å². The van der Waals surface area contributed by atoms with Gasteiger partial charge in [-0.1, -0.05) is 35.9 Å². The van der Waals surface area contributed by atoms with E-state index in [0.29, 0.717) is 28.6 Å². The van der Waals surface area contributed by atoms with Crippen molar-refractivity contribution in [3.05, 3.63) is 65.7 Å². The van der Waals surface area contributed by atoms with E-state index in [0.717, 1.165) is 21.4 Å². The van der Waals surface area contributed by atoms with E-state index in [4.69, 9.17) is 11.6 Å². The summed E-state index contributed by atoms with van der Waals surface area (Å²) in [6.45, 7) is 0.835. The van der Waals surface area contributed by atoms with Crippen LogP contribution in [-0.2, 0) is 14.8 Å². The van der Waals surface area contributed by atoms with E-state index in [9.17, 15) is 13.2 Å². The van der Waals surface area contributed by atoms with Crippen LogP contribution in [0.15, 0.2) is 70.5 Å². The van der Waals surface area contributed by atoms with Gasteiger partial charge in [0.1, 0.15) is 0 Å². The highest BCUT2D eigenvalue weighted by molar-refractivity contribution is 7.99. The molecule has 1 aliphatic rings. The van der Waals surface area contributed by atoms with Gasteiger partial charge in [-0.3, -0.25) is 9.10 Å². The minimum atomic E-state index is -3.56. The lowest BCUT2D eigenvalue weighted by Gasteiger charge is -2.18. The van der Waals surface area contributed by atoms with E-state index in [1.54, 1.807) is 23.9 Å². The number of amides is 1. The first-order chi connectivity index (χ1) is 14.5. The van der Waals surface area contributed by atoms with Crippen LogP contribution in [0.4, 0.5) is 5.69 Å². The number of nitrogens with zero attached hydrogens (tertiary/aromatic N) is 1. The zero-order valence-corrected chi connectivity index (χ0v) is 18.6. The van der Waals surface area contributed by atoms with Crippen molar-refractivity contribution >= 4 is 55.8 Å². The molecule has 0 saturated heterocycles. The van der Waals surface area contributed by atoms with Gasteiger partial charge >= 0.3 is 0 Å². The van der Waals surface area contributed by atoms with Crippen molar-refractivity contribution in [2.75, 3.05) is 23.1 Å². The van der Waals surface area contributed by atoms with Crippen LogP contribution in [0.2, 0.25) is 5.02 Å². The first kappa shape index (κ1) is 21.0. The van der Waals surface area contributed by atoms with Crippen LogP contribution < -0.4 is 9.62 Å². The fraction of sp³-hybridized carbons (Fsp3) is 0.227. The minimum Gasteiger partial charge on any atom is -0.355 e. The number of carbonyl (C=O) groups excluding carboxylic acids is 1. The molecule has 3 aromatic carbocycles.